The van der Waals surface area contributed by atoms with Gasteiger partial charge in [-0.05, 0) is 55.3 Å². The quantitative estimate of drug-likeness (QED) is 0.338. The van der Waals surface area contributed by atoms with Crippen molar-refractivity contribution in [1.29, 1.82) is 0 Å². The van der Waals surface area contributed by atoms with Crippen LogP contribution in [0.4, 0.5) is 0 Å². The van der Waals surface area contributed by atoms with Crippen molar-refractivity contribution in [2.75, 3.05) is 0 Å². The monoisotopic (exact) mass is 402 g/mol. The van der Waals surface area contributed by atoms with Crippen LogP contribution in [-0.4, -0.2) is 19.1 Å². The van der Waals surface area contributed by atoms with Crippen molar-refractivity contribution >= 4 is 32.8 Å². The van der Waals surface area contributed by atoms with Gasteiger partial charge in [0.2, 0.25) is 0 Å². The van der Waals surface area contributed by atoms with Crippen LogP contribution in [0.3, 0.4) is 0 Å². The first-order valence-corrected chi connectivity index (χ1v) is 10.5. The molecular weight excluding hydrogens is 380 g/mol. The molecule has 3 aromatic heterocycles. The Morgan fingerprint density at radius 3 is 1.97 bits per heavy atom. The minimum Gasteiger partial charge on any atom is -0.329 e. The van der Waals surface area contributed by atoms with E-state index in [4.69, 9.17) is 0 Å². The third-order valence-electron chi connectivity index (χ3n) is 6.27. The molecule has 0 aliphatic rings. The molecule has 0 saturated heterocycles. The van der Waals surface area contributed by atoms with Gasteiger partial charge in [0.15, 0.2) is 5.82 Å². The van der Waals surface area contributed by atoms with Crippen molar-refractivity contribution in [2.24, 2.45) is 7.05 Å². The molecule has 6 rings (SSSR count). The highest BCUT2D eigenvalue weighted by molar-refractivity contribution is 6.21. The van der Waals surface area contributed by atoms with Crippen molar-refractivity contribution < 1.29 is 0 Å². The summed E-state index contributed by atoms with van der Waals surface area (Å²) in [6.45, 7) is 4.29. The second-order valence-corrected chi connectivity index (χ2v) is 8.15. The van der Waals surface area contributed by atoms with Crippen molar-refractivity contribution in [3.8, 4) is 17.1 Å². The smallest absolute Gasteiger partial charge is 0.159 e. The van der Waals surface area contributed by atoms with E-state index in [2.05, 4.69) is 101 Å². The Balaban J connectivity index is 1.72. The highest BCUT2D eigenvalue weighted by Crippen LogP contribution is 2.39. The summed E-state index contributed by atoms with van der Waals surface area (Å²) in [7, 11) is 2.16. The number of hydrogen-bond acceptors (Lipinski definition) is 2. The zero-order valence-electron chi connectivity index (χ0n) is 17.8. The third kappa shape index (κ3) is 2.48. The number of hydrogen-bond donors (Lipinski definition) is 0. The number of aromatic nitrogens is 4. The van der Waals surface area contributed by atoms with Crippen LogP contribution in [-0.2, 0) is 7.05 Å². The van der Waals surface area contributed by atoms with Crippen LogP contribution in [0.15, 0.2) is 79.1 Å². The third-order valence-corrected chi connectivity index (χ3v) is 6.27. The molecule has 0 saturated carbocycles. The second-order valence-electron chi connectivity index (χ2n) is 8.15. The zero-order valence-corrected chi connectivity index (χ0v) is 17.8. The van der Waals surface area contributed by atoms with Gasteiger partial charge in [-0.3, -0.25) is 4.57 Å². The molecule has 0 atom stereocenters. The predicted octanol–water partition coefficient (Wildman–Crippen LogP) is 6.35. The lowest BCUT2D eigenvalue weighted by molar-refractivity contribution is 0.960. The fourth-order valence-electron chi connectivity index (χ4n) is 5.01. The molecule has 0 spiro atoms. The minimum atomic E-state index is 0.774. The summed E-state index contributed by atoms with van der Waals surface area (Å²) in [5.74, 6) is 0.774. The Morgan fingerprint density at radius 2 is 1.29 bits per heavy atom. The molecule has 3 aromatic carbocycles. The lowest BCUT2D eigenvalue weighted by Crippen LogP contribution is -2.02. The number of fused-ring (bicyclic) bond motifs is 5. The van der Waals surface area contributed by atoms with E-state index < -0.39 is 0 Å². The number of para-hydroxylation sites is 2. The Bertz CT molecular complexity index is 1580. The Morgan fingerprint density at radius 1 is 0.710 bits per heavy atom. The fourth-order valence-corrected chi connectivity index (χ4v) is 5.01. The van der Waals surface area contributed by atoms with E-state index in [1.54, 1.807) is 12.4 Å². The van der Waals surface area contributed by atoms with Crippen molar-refractivity contribution in [3.05, 3.63) is 90.3 Å². The molecule has 0 fully saturated rings. The van der Waals surface area contributed by atoms with Crippen LogP contribution in [0.1, 0.15) is 11.1 Å². The maximum Gasteiger partial charge on any atom is 0.159 e. The standard InChI is InChI=1S/C27H22N4/c1-17-15-19(16-18(2)24(17)26-28-13-8-14-29-26)31-23-12-7-5-10-21(23)25-20-9-4-6-11-22(20)30(3)27(25)31/h4-16H,1-3H3. The summed E-state index contributed by atoms with van der Waals surface area (Å²) in [4.78, 5) is 8.97. The molecular formula is C27H22N4. The number of nitrogens with zero attached hydrogens (tertiary/aromatic N) is 4. The van der Waals surface area contributed by atoms with Crippen LogP contribution < -0.4 is 0 Å². The van der Waals surface area contributed by atoms with Gasteiger partial charge in [0, 0.05) is 46.9 Å². The van der Waals surface area contributed by atoms with Crippen molar-refractivity contribution in [2.45, 2.75) is 13.8 Å². The molecule has 3 heterocycles. The normalized spacial score (nSPS) is 11.7. The van der Waals surface area contributed by atoms with Crippen LogP contribution >= 0.6 is 0 Å². The van der Waals surface area contributed by atoms with E-state index >= 15 is 0 Å². The SMILES string of the molecule is Cc1cc(-n2c3ccccc3c3c4ccccc4n(C)c32)cc(C)c1-c1ncccn1. The van der Waals surface area contributed by atoms with E-state index in [-0.39, 0.29) is 0 Å². The van der Waals surface area contributed by atoms with Crippen LogP contribution in [0.5, 0.6) is 0 Å². The topological polar surface area (TPSA) is 35.6 Å². The summed E-state index contributed by atoms with van der Waals surface area (Å²) < 4.78 is 4.70. The van der Waals surface area contributed by atoms with E-state index in [1.165, 1.54) is 44.0 Å². The first kappa shape index (κ1) is 17.9. The Hall–Kier alpha value is -3.92. The summed E-state index contributed by atoms with van der Waals surface area (Å²) in [5, 5.41) is 3.87. The van der Waals surface area contributed by atoms with E-state index in [0.717, 1.165) is 17.1 Å². The van der Waals surface area contributed by atoms with Crippen LogP contribution in [0, 0.1) is 13.8 Å². The number of benzene rings is 3. The van der Waals surface area contributed by atoms with Gasteiger partial charge >= 0.3 is 0 Å². The molecule has 0 N–H and O–H groups in total. The van der Waals surface area contributed by atoms with Gasteiger partial charge < -0.3 is 4.57 Å². The van der Waals surface area contributed by atoms with Gasteiger partial charge in [0.1, 0.15) is 5.65 Å². The molecule has 0 bridgehead atoms. The molecule has 0 unspecified atom stereocenters. The lowest BCUT2D eigenvalue weighted by atomic mass is 10.0. The van der Waals surface area contributed by atoms with Gasteiger partial charge in [-0.25, -0.2) is 9.97 Å². The first-order valence-electron chi connectivity index (χ1n) is 10.5. The fraction of sp³-hybridized carbons (Fsp3) is 0.111. The lowest BCUT2D eigenvalue weighted by Gasteiger charge is -2.15. The van der Waals surface area contributed by atoms with Gasteiger partial charge in [0.25, 0.3) is 0 Å². The average molecular weight is 403 g/mol. The summed E-state index contributed by atoms with van der Waals surface area (Å²) in [6.07, 6.45) is 3.60. The van der Waals surface area contributed by atoms with Crippen LogP contribution in [0.25, 0.3) is 49.9 Å². The number of aryl methyl sites for hydroxylation is 3. The van der Waals surface area contributed by atoms with Gasteiger partial charge in [-0.15, -0.1) is 0 Å². The van der Waals surface area contributed by atoms with Gasteiger partial charge in [0.05, 0.1) is 11.0 Å². The summed E-state index contributed by atoms with van der Waals surface area (Å²) >= 11 is 0. The van der Waals surface area contributed by atoms with Gasteiger partial charge in [-0.2, -0.15) is 0 Å². The van der Waals surface area contributed by atoms with Crippen molar-refractivity contribution in [1.82, 2.24) is 19.1 Å². The van der Waals surface area contributed by atoms with E-state index in [1.807, 2.05) is 6.07 Å². The van der Waals surface area contributed by atoms with Crippen molar-refractivity contribution in [3.63, 3.8) is 0 Å². The minimum absolute atomic E-state index is 0.774. The Labute approximate surface area is 180 Å². The molecule has 0 aliphatic carbocycles. The maximum absolute atomic E-state index is 4.48. The molecule has 0 amide bonds. The maximum atomic E-state index is 4.48. The average Bonchev–Trinajstić information content (AvgIpc) is 3.28. The van der Waals surface area contributed by atoms with E-state index in [0.29, 0.717) is 0 Å². The molecule has 0 radical (unpaired) electrons. The first-order chi connectivity index (χ1) is 15.1. The summed E-state index contributed by atoms with van der Waals surface area (Å²) in [5.41, 5.74) is 8.29. The largest absolute Gasteiger partial charge is 0.329 e. The molecule has 31 heavy (non-hydrogen) atoms. The van der Waals surface area contributed by atoms with E-state index in [9.17, 15) is 0 Å². The number of rotatable bonds is 2. The summed E-state index contributed by atoms with van der Waals surface area (Å²) in [6, 6.07) is 23.7. The molecule has 4 nitrogen and oxygen atoms in total. The second kappa shape index (κ2) is 6.54. The van der Waals surface area contributed by atoms with Crippen LogP contribution in [0.2, 0.25) is 0 Å². The molecule has 0 aliphatic heterocycles. The highest BCUT2D eigenvalue weighted by atomic mass is 15.1. The molecule has 150 valence electrons. The molecule has 4 heteroatoms. The highest BCUT2D eigenvalue weighted by Gasteiger charge is 2.20. The predicted molar refractivity (Wildman–Crippen MR) is 128 cm³/mol. The zero-order chi connectivity index (χ0) is 21.1. The Kier molecular flexibility index (Phi) is 3.78. The van der Waals surface area contributed by atoms with Gasteiger partial charge in [-0.1, -0.05) is 36.4 Å². The molecule has 6 aromatic rings.